The van der Waals surface area contributed by atoms with E-state index < -0.39 is 16.1 Å². The third kappa shape index (κ3) is 5.70. The minimum absolute atomic E-state index is 0.0848. The summed E-state index contributed by atoms with van der Waals surface area (Å²) in [6.07, 6.45) is 0.547. The predicted molar refractivity (Wildman–Crippen MR) is 122 cm³/mol. The summed E-state index contributed by atoms with van der Waals surface area (Å²) in [4.78, 5) is 12.5. The summed E-state index contributed by atoms with van der Waals surface area (Å²) >= 11 is 6.25. The number of carbonyl (C=O) groups is 1. The number of carbonyl (C=O) groups excluding carboxylic acids is 1. The van der Waals surface area contributed by atoms with Crippen molar-refractivity contribution in [3.8, 4) is 11.5 Å². The smallest absolute Gasteiger partial charge is 0.315 e. The average Bonchev–Trinajstić information content (AvgIpc) is 2.83. The molecule has 9 nitrogen and oxygen atoms in total. The fraction of sp³-hybridized carbons (Fsp3) is 0.409. The van der Waals surface area contributed by atoms with Crippen molar-refractivity contribution in [1.29, 1.82) is 0 Å². The summed E-state index contributed by atoms with van der Waals surface area (Å²) in [5, 5.41) is 5.99. The summed E-state index contributed by atoms with van der Waals surface area (Å²) in [7, 11) is -3.66. The number of hydrogen-bond donors (Lipinski definition) is 2. The molecule has 178 valence electrons. The van der Waals surface area contributed by atoms with Crippen LogP contribution < -0.4 is 20.1 Å². The molecule has 0 bridgehead atoms. The lowest BCUT2D eigenvalue weighted by atomic mass is 10.1. The number of morpholine rings is 1. The van der Waals surface area contributed by atoms with E-state index in [0.29, 0.717) is 74.6 Å². The van der Waals surface area contributed by atoms with Crippen LogP contribution in [0.15, 0.2) is 41.3 Å². The van der Waals surface area contributed by atoms with Crippen molar-refractivity contribution in [2.24, 2.45) is 0 Å². The summed E-state index contributed by atoms with van der Waals surface area (Å²) in [5.74, 6) is 1.15. The Morgan fingerprint density at radius 2 is 1.79 bits per heavy atom. The first-order valence-electron chi connectivity index (χ1n) is 10.7. The maximum atomic E-state index is 13.0. The van der Waals surface area contributed by atoms with Gasteiger partial charge < -0.3 is 24.8 Å². The molecule has 2 aromatic rings. The Morgan fingerprint density at radius 3 is 2.61 bits per heavy atom. The standard InChI is InChI=1S/C22H26ClN3O6S/c23-18-13-16(14-19-21(18)32-12-11-31-19)5-6-24-22(27)25-15-17-3-1-2-4-20(17)33(28,29)26-7-9-30-10-8-26/h1-4,13-14H,5-12,15H2,(H2,24,25,27). The lowest BCUT2D eigenvalue weighted by Gasteiger charge is -2.27. The maximum Gasteiger partial charge on any atom is 0.315 e. The number of ether oxygens (including phenoxy) is 3. The van der Waals surface area contributed by atoms with Crippen molar-refractivity contribution in [1.82, 2.24) is 14.9 Å². The second kappa shape index (κ2) is 10.6. The number of fused-ring (bicyclic) bond motifs is 1. The lowest BCUT2D eigenvalue weighted by molar-refractivity contribution is 0.0730. The first-order chi connectivity index (χ1) is 15.9. The Labute approximate surface area is 198 Å². The topological polar surface area (TPSA) is 106 Å². The molecule has 2 amide bonds. The fourth-order valence-electron chi connectivity index (χ4n) is 3.69. The van der Waals surface area contributed by atoms with Crippen LogP contribution in [-0.2, 0) is 27.7 Å². The zero-order chi connectivity index (χ0) is 23.3. The van der Waals surface area contributed by atoms with E-state index in [1.54, 1.807) is 30.3 Å². The Balaban J connectivity index is 1.31. The number of nitrogens with one attached hydrogen (secondary N) is 2. The highest BCUT2D eigenvalue weighted by atomic mass is 35.5. The first-order valence-corrected chi connectivity index (χ1v) is 12.5. The Bertz CT molecular complexity index is 1110. The van der Waals surface area contributed by atoms with Crippen molar-refractivity contribution in [3.63, 3.8) is 0 Å². The minimum Gasteiger partial charge on any atom is -0.486 e. The molecule has 1 saturated heterocycles. The van der Waals surface area contributed by atoms with E-state index in [1.165, 1.54) is 4.31 Å². The molecule has 11 heteroatoms. The second-order valence-electron chi connectivity index (χ2n) is 7.59. The number of benzene rings is 2. The van der Waals surface area contributed by atoms with Gasteiger partial charge in [0, 0.05) is 26.2 Å². The summed E-state index contributed by atoms with van der Waals surface area (Å²) in [5.41, 5.74) is 1.43. The van der Waals surface area contributed by atoms with Crippen LogP contribution in [0, 0.1) is 0 Å². The van der Waals surface area contributed by atoms with Gasteiger partial charge in [0.25, 0.3) is 0 Å². The lowest BCUT2D eigenvalue weighted by Crippen LogP contribution is -2.41. The van der Waals surface area contributed by atoms with E-state index in [0.717, 1.165) is 5.56 Å². The van der Waals surface area contributed by atoms with Crippen molar-refractivity contribution in [3.05, 3.63) is 52.5 Å². The van der Waals surface area contributed by atoms with Crippen LogP contribution in [0.1, 0.15) is 11.1 Å². The van der Waals surface area contributed by atoms with Gasteiger partial charge >= 0.3 is 6.03 Å². The largest absolute Gasteiger partial charge is 0.486 e. The van der Waals surface area contributed by atoms with Crippen LogP contribution in [0.5, 0.6) is 11.5 Å². The number of nitrogens with zero attached hydrogens (tertiary/aromatic N) is 1. The van der Waals surface area contributed by atoms with Gasteiger partial charge in [-0.3, -0.25) is 0 Å². The average molecular weight is 496 g/mol. The van der Waals surface area contributed by atoms with Gasteiger partial charge in [-0.2, -0.15) is 4.31 Å². The molecule has 2 N–H and O–H groups in total. The van der Waals surface area contributed by atoms with Crippen molar-refractivity contribution in [2.75, 3.05) is 46.1 Å². The summed E-state index contributed by atoms with van der Waals surface area (Å²) in [6.45, 7) is 2.76. The number of urea groups is 1. The van der Waals surface area contributed by atoms with Gasteiger partial charge in [0.15, 0.2) is 11.5 Å². The van der Waals surface area contributed by atoms with Gasteiger partial charge in [-0.1, -0.05) is 29.8 Å². The number of halogens is 1. The summed E-state index contributed by atoms with van der Waals surface area (Å²) < 4.78 is 43.8. The molecule has 0 radical (unpaired) electrons. The molecule has 0 spiro atoms. The minimum atomic E-state index is -3.66. The zero-order valence-electron chi connectivity index (χ0n) is 18.0. The number of hydrogen-bond acceptors (Lipinski definition) is 6. The quantitative estimate of drug-likeness (QED) is 0.610. The molecule has 0 unspecified atom stereocenters. The highest BCUT2D eigenvalue weighted by Gasteiger charge is 2.28. The molecule has 2 aliphatic heterocycles. The normalized spacial score (nSPS) is 16.3. The van der Waals surface area contributed by atoms with Gasteiger partial charge in [-0.05, 0) is 35.7 Å². The highest BCUT2D eigenvalue weighted by Crippen LogP contribution is 2.38. The van der Waals surface area contributed by atoms with Crippen molar-refractivity contribution in [2.45, 2.75) is 17.9 Å². The van der Waals surface area contributed by atoms with E-state index in [9.17, 15) is 13.2 Å². The second-order valence-corrected chi connectivity index (χ2v) is 9.90. The molecular formula is C22H26ClN3O6S. The molecule has 4 rings (SSSR count). The monoisotopic (exact) mass is 495 g/mol. The van der Waals surface area contributed by atoms with Crippen LogP contribution in [0.25, 0.3) is 0 Å². The number of rotatable bonds is 7. The molecule has 0 aliphatic carbocycles. The number of amides is 2. The summed E-state index contributed by atoms with van der Waals surface area (Å²) in [6, 6.07) is 9.94. The van der Waals surface area contributed by atoms with Crippen LogP contribution in [0.2, 0.25) is 5.02 Å². The Kier molecular flexibility index (Phi) is 7.59. The maximum absolute atomic E-state index is 13.0. The van der Waals surface area contributed by atoms with E-state index in [1.807, 2.05) is 6.07 Å². The van der Waals surface area contributed by atoms with Gasteiger partial charge in [-0.15, -0.1) is 0 Å². The molecule has 0 aromatic heterocycles. The molecule has 1 fully saturated rings. The molecule has 2 heterocycles. The van der Waals surface area contributed by atoms with Gasteiger partial charge in [0.2, 0.25) is 10.0 Å². The third-order valence-corrected chi connectivity index (χ3v) is 7.64. The molecule has 0 atom stereocenters. The highest BCUT2D eigenvalue weighted by molar-refractivity contribution is 7.89. The fourth-order valence-corrected chi connectivity index (χ4v) is 5.61. The predicted octanol–water partition coefficient (Wildman–Crippen LogP) is 2.17. The molecule has 2 aromatic carbocycles. The molecular weight excluding hydrogens is 470 g/mol. The van der Waals surface area contributed by atoms with Crippen LogP contribution in [-0.4, -0.2) is 64.8 Å². The Hall–Kier alpha value is -2.53. The van der Waals surface area contributed by atoms with Crippen LogP contribution >= 0.6 is 11.6 Å². The van der Waals surface area contributed by atoms with Gasteiger partial charge in [0.1, 0.15) is 13.2 Å². The van der Waals surface area contributed by atoms with Crippen molar-refractivity contribution < 1.29 is 27.4 Å². The van der Waals surface area contributed by atoms with E-state index >= 15 is 0 Å². The third-order valence-electron chi connectivity index (χ3n) is 5.36. The van der Waals surface area contributed by atoms with Crippen LogP contribution in [0.4, 0.5) is 4.79 Å². The molecule has 33 heavy (non-hydrogen) atoms. The Morgan fingerprint density at radius 1 is 1.03 bits per heavy atom. The van der Waals surface area contributed by atoms with Crippen molar-refractivity contribution >= 4 is 27.7 Å². The van der Waals surface area contributed by atoms with E-state index in [-0.39, 0.29) is 11.4 Å². The van der Waals surface area contributed by atoms with Gasteiger partial charge in [-0.25, -0.2) is 13.2 Å². The van der Waals surface area contributed by atoms with Gasteiger partial charge in [0.05, 0.1) is 23.1 Å². The van der Waals surface area contributed by atoms with E-state index in [2.05, 4.69) is 10.6 Å². The molecule has 0 saturated carbocycles. The van der Waals surface area contributed by atoms with E-state index in [4.69, 9.17) is 25.8 Å². The SMILES string of the molecule is O=C(NCCc1cc(Cl)c2c(c1)OCCO2)NCc1ccccc1S(=O)(=O)N1CCOCC1. The molecule has 2 aliphatic rings. The van der Waals surface area contributed by atoms with Crippen LogP contribution in [0.3, 0.4) is 0 Å². The number of sulfonamides is 1. The zero-order valence-corrected chi connectivity index (χ0v) is 19.6. The first kappa shape index (κ1) is 23.6.